The van der Waals surface area contributed by atoms with E-state index in [1.54, 1.807) is 0 Å². The van der Waals surface area contributed by atoms with Gasteiger partial charge in [0.15, 0.2) is 17.3 Å². The average molecular weight is 969 g/mol. The number of benzene rings is 2. The van der Waals surface area contributed by atoms with E-state index in [2.05, 4.69) is 35.2 Å². The maximum absolute atomic E-state index is 15.5. The minimum atomic E-state index is -5.03. The molecule has 1 amide bonds. The van der Waals surface area contributed by atoms with E-state index in [1.807, 2.05) is 0 Å². The molecule has 0 aliphatic heterocycles. The average Bonchev–Trinajstić information content (AvgIpc) is 3.75. The van der Waals surface area contributed by atoms with Crippen LogP contribution in [0.4, 0.5) is 49.7 Å². The molecule has 2 aromatic carbocycles. The Bertz CT molecular complexity index is 3360. The number of aromatic nitrogens is 8. The standard InChI is InChI=1S/C40H27ClF10N10O4S/c1-59-32-25(7-4-21(41)29(32)36(57-59)58-66(2,64)65)61-37(55-35-18(38(61)63)3-6-23(53-35)30-22(44)5-8-26(54-30)40(49,50)51)24(11-15-9-16(42)12-17(43)10-15)52-27(62)14-60-33-28(31(56-60)34(45)46)19-13-20(19)39(33,47)48/h3-10,12,19-20,24,34H,11,13-14H2,1-2H3,(H,52,62)(H,57,58)/t19-,20+,24-/m0/s1. The van der Waals surface area contributed by atoms with Gasteiger partial charge in [-0.2, -0.15) is 32.1 Å². The first-order chi connectivity index (χ1) is 30.9. The van der Waals surface area contributed by atoms with Crippen LogP contribution in [0.1, 0.15) is 58.8 Å². The van der Waals surface area contributed by atoms with E-state index < -0.39 is 134 Å². The molecule has 0 radical (unpaired) electrons. The Kier molecular flexibility index (Phi) is 10.5. The molecule has 3 atom stereocenters. The number of hydrogen-bond donors (Lipinski definition) is 2. The van der Waals surface area contributed by atoms with Crippen molar-refractivity contribution in [1.82, 2.24) is 44.4 Å². The third kappa shape index (κ3) is 7.75. The number of rotatable bonds is 11. The number of pyridine rings is 2. The molecule has 2 aliphatic rings. The summed E-state index contributed by atoms with van der Waals surface area (Å²) in [4.78, 5) is 41.1. The zero-order valence-corrected chi connectivity index (χ0v) is 35.0. The highest BCUT2D eigenvalue weighted by atomic mass is 35.5. The molecule has 344 valence electrons. The number of nitrogens with one attached hydrogen (secondary N) is 2. The lowest BCUT2D eigenvalue weighted by Gasteiger charge is -2.24. The Labute approximate surface area is 368 Å². The van der Waals surface area contributed by atoms with E-state index in [9.17, 15) is 48.7 Å². The number of aryl methyl sites for hydroxylation is 1. The molecule has 2 aliphatic carbocycles. The summed E-state index contributed by atoms with van der Waals surface area (Å²) in [5, 5.41) is 9.78. The molecule has 5 heterocycles. The van der Waals surface area contributed by atoms with Crippen molar-refractivity contribution >= 4 is 55.3 Å². The molecule has 0 unspecified atom stereocenters. The van der Waals surface area contributed by atoms with Gasteiger partial charge in [0.05, 0.1) is 45.0 Å². The lowest BCUT2D eigenvalue weighted by molar-refractivity contribution is -0.141. The Morgan fingerprint density at radius 3 is 2.36 bits per heavy atom. The van der Waals surface area contributed by atoms with Crippen LogP contribution in [0.2, 0.25) is 5.02 Å². The molecule has 5 aromatic heterocycles. The van der Waals surface area contributed by atoms with Crippen molar-refractivity contribution in [3.63, 3.8) is 0 Å². The summed E-state index contributed by atoms with van der Waals surface area (Å²) < 4.78 is 174. The second kappa shape index (κ2) is 15.5. The molecule has 14 nitrogen and oxygen atoms in total. The van der Waals surface area contributed by atoms with Gasteiger partial charge in [-0.15, -0.1) is 0 Å². The largest absolute Gasteiger partial charge is 0.433 e. The van der Waals surface area contributed by atoms with Crippen molar-refractivity contribution in [3.8, 4) is 17.1 Å². The minimum Gasteiger partial charge on any atom is -0.344 e. The van der Waals surface area contributed by atoms with Crippen molar-refractivity contribution in [2.45, 2.75) is 49.9 Å². The summed E-state index contributed by atoms with van der Waals surface area (Å²) in [6, 6.07) is 5.78. The molecule has 66 heavy (non-hydrogen) atoms. The van der Waals surface area contributed by atoms with Crippen molar-refractivity contribution in [3.05, 3.63) is 121 Å². The normalized spacial score (nSPS) is 17.1. The fourth-order valence-electron chi connectivity index (χ4n) is 8.37. The molecular weight excluding hydrogens is 942 g/mol. The zero-order chi connectivity index (χ0) is 47.5. The highest BCUT2D eigenvalue weighted by molar-refractivity contribution is 7.92. The highest BCUT2D eigenvalue weighted by Crippen LogP contribution is 2.68. The number of carbonyl (C=O) groups excluding carboxylic acids is 1. The van der Waals surface area contributed by atoms with Crippen LogP contribution in [-0.4, -0.2) is 59.7 Å². The fraction of sp³-hybridized carbons (Fsp3) is 0.275. The minimum absolute atomic E-state index is 0.0627. The van der Waals surface area contributed by atoms with Crippen molar-refractivity contribution < 1.29 is 57.1 Å². The van der Waals surface area contributed by atoms with E-state index in [-0.39, 0.29) is 45.0 Å². The summed E-state index contributed by atoms with van der Waals surface area (Å²) in [6.45, 7) is -1.13. The van der Waals surface area contributed by atoms with E-state index in [1.165, 1.54) is 19.2 Å². The first-order valence-corrected chi connectivity index (χ1v) is 21.5. The second-order valence-corrected chi connectivity index (χ2v) is 17.8. The predicted molar refractivity (Wildman–Crippen MR) is 214 cm³/mol. The quantitative estimate of drug-likeness (QED) is 0.124. The maximum Gasteiger partial charge on any atom is 0.433 e. The van der Waals surface area contributed by atoms with Gasteiger partial charge in [-0.25, -0.2) is 45.3 Å². The van der Waals surface area contributed by atoms with Gasteiger partial charge < -0.3 is 5.32 Å². The molecule has 7 aromatic rings. The first kappa shape index (κ1) is 44.6. The zero-order valence-electron chi connectivity index (χ0n) is 33.4. The number of carbonyl (C=O) groups is 1. The Hall–Kier alpha value is -6.63. The summed E-state index contributed by atoms with van der Waals surface area (Å²) in [7, 11) is -2.68. The summed E-state index contributed by atoms with van der Waals surface area (Å²) >= 11 is 6.56. The van der Waals surface area contributed by atoms with Gasteiger partial charge in [0.2, 0.25) is 15.9 Å². The van der Waals surface area contributed by atoms with Gasteiger partial charge in [0.1, 0.15) is 46.8 Å². The molecule has 1 saturated carbocycles. The summed E-state index contributed by atoms with van der Waals surface area (Å²) in [6.07, 6.45) is -8.26. The van der Waals surface area contributed by atoms with Crippen LogP contribution in [0.15, 0.2) is 59.4 Å². The number of anilines is 1. The van der Waals surface area contributed by atoms with Gasteiger partial charge in [-0.1, -0.05) is 11.6 Å². The summed E-state index contributed by atoms with van der Waals surface area (Å²) in [5.74, 6) is -11.4. The molecule has 1 fully saturated rings. The lowest BCUT2D eigenvalue weighted by Crippen LogP contribution is -2.38. The number of hydrogen-bond acceptors (Lipinski definition) is 9. The van der Waals surface area contributed by atoms with Crippen LogP contribution in [0.25, 0.3) is 39.0 Å². The number of sulfonamides is 1. The van der Waals surface area contributed by atoms with Crippen LogP contribution < -0.4 is 15.6 Å². The van der Waals surface area contributed by atoms with Crippen LogP contribution in [-0.2, 0) is 46.9 Å². The maximum atomic E-state index is 15.5. The molecule has 26 heteroatoms. The van der Waals surface area contributed by atoms with Gasteiger partial charge in [0.25, 0.3) is 17.9 Å². The molecule has 9 rings (SSSR count). The van der Waals surface area contributed by atoms with E-state index in [0.29, 0.717) is 22.9 Å². The van der Waals surface area contributed by atoms with Crippen molar-refractivity contribution in [2.24, 2.45) is 13.0 Å². The number of nitrogens with zero attached hydrogens (tertiary/aromatic N) is 8. The SMILES string of the molecule is Cn1nc(NS(C)(=O)=O)c2c(Cl)ccc(-n3c([C@H](Cc4cc(F)cc(F)c4)NC(=O)Cn4nc(C(F)F)c5c4C(F)(F)[C@@H]4C[C@H]54)nc4nc(-c5nc(C(F)(F)F)ccc5F)ccc4c3=O)c21. The smallest absolute Gasteiger partial charge is 0.344 e. The van der Waals surface area contributed by atoms with E-state index in [0.717, 1.165) is 39.8 Å². The third-order valence-corrected chi connectivity index (χ3v) is 11.9. The van der Waals surface area contributed by atoms with E-state index >= 15 is 13.2 Å². The van der Waals surface area contributed by atoms with Crippen LogP contribution in [0.5, 0.6) is 0 Å². The molecule has 0 bridgehead atoms. The topological polar surface area (TPSA) is 172 Å². The molecular formula is C40H27ClF10N10O4S. The third-order valence-electron chi connectivity index (χ3n) is 11.0. The van der Waals surface area contributed by atoms with Gasteiger partial charge in [0, 0.05) is 31.0 Å². The number of amides is 1. The lowest BCUT2D eigenvalue weighted by atomic mass is 10.0. The monoisotopic (exact) mass is 968 g/mol. The van der Waals surface area contributed by atoms with Crippen molar-refractivity contribution in [1.29, 1.82) is 0 Å². The molecule has 0 spiro atoms. The molecule has 2 N–H and O–H groups in total. The number of fused-ring (bicyclic) bond motifs is 5. The predicted octanol–water partition coefficient (Wildman–Crippen LogP) is 7.63. The van der Waals surface area contributed by atoms with E-state index in [4.69, 9.17) is 11.6 Å². The van der Waals surface area contributed by atoms with Gasteiger partial charge >= 0.3 is 6.18 Å². The van der Waals surface area contributed by atoms with Gasteiger partial charge in [-0.3, -0.25) is 28.2 Å². The Morgan fingerprint density at radius 1 is 0.985 bits per heavy atom. The number of halogens is 11. The number of alkyl halides is 7. The van der Waals surface area contributed by atoms with Gasteiger partial charge in [-0.05, 0) is 66.4 Å². The Balaban J connectivity index is 1.27. The molecule has 0 saturated heterocycles. The van der Waals surface area contributed by atoms with Crippen LogP contribution in [0, 0.1) is 23.4 Å². The summed E-state index contributed by atoms with van der Waals surface area (Å²) in [5.41, 5.74) is -7.33. The highest BCUT2D eigenvalue weighted by Gasteiger charge is 2.67. The van der Waals surface area contributed by atoms with Crippen LogP contribution >= 0.6 is 11.6 Å². The fourth-order valence-corrected chi connectivity index (χ4v) is 9.11. The first-order valence-electron chi connectivity index (χ1n) is 19.2. The van der Waals surface area contributed by atoms with Crippen LogP contribution in [0.3, 0.4) is 0 Å². The van der Waals surface area contributed by atoms with Crippen molar-refractivity contribution in [2.75, 3.05) is 11.0 Å². The second-order valence-electron chi connectivity index (χ2n) is 15.6. The Morgan fingerprint density at radius 2 is 1.70 bits per heavy atom.